The van der Waals surface area contributed by atoms with Gasteiger partial charge in [0.2, 0.25) is 5.91 Å². The number of benzene rings is 2. The van der Waals surface area contributed by atoms with E-state index < -0.39 is 0 Å². The van der Waals surface area contributed by atoms with Crippen LogP contribution in [-0.2, 0) is 11.4 Å². The normalized spacial score (nSPS) is 10.6. The maximum absolute atomic E-state index is 12.0. The lowest BCUT2D eigenvalue weighted by molar-refractivity contribution is -0.113. The van der Waals surface area contributed by atoms with E-state index in [0.29, 0.717) is 26.3 Å². The van der Waals surface area contributed by atoms with E-state index in [1.807, 2.05) is 31.2 Å². The average Bonchev–Trinajstić information content (AvgIpc) is 3.10. The van der Waals surface area contributed by atoms with Gasteiger partial charge in [0.1, 0.15) is 5.75 Å². The maximum Gasteiger partial charge on any atom is 0.277 e. The van der Waals surface area contributed by atoms with Crippen molar-refractivity contribution in [3.05, 3.63) is 63.4 Å². The van der Waals surface area contributed by atoms with Crippen LogP contribution in [-0.4, -0.2) is 21.9 Å². The van der Waals surface area contributed by atoms with Crippen LogP contribution in [0.3, 0.4) is 0 Å². The van der Waals surface area contributed by atoms with Gasteiger partial charge in [-0.2, -0.15) is 0 Å². The molecule has 3 rings (SSSR count). The van der Waals surface area contributed by atoms with Crippen LogP contribution in [0.15, 0.2) is 56.6 Å². The Morgan fingerprint density at radius 2 is 2.11 bits per heavy atom. The maximum atomic E-state index is 12.0. The highest BCUT2D eigenvalue weighted by atomic mass is 79.9. The van der Waals surface area contributed by atoms with Gasteiger partial charge in [-0.3, -0.25) is 4.79 Å². The van der Waals surface area contributed by atoms with Crippen molar-refractivity contribution < 1.29 is 13.9 Å². The van der Waals surface area contributed by atoms with Crippen LogP contribution in [0.1, 0.15) is 11.5 Å². The molecule has 0 unspecified atom stereocenters. The first-order chi connectivity index (χ1) is 13.0. The van der Waals surface area contributed by atoms with Gasteiger partial charge in [-0.05, 0) is 52.7 Å². The van der Waals surface area contributed by atoms with Gasteiger partial charge >= 0.3 is 0 Å². The molecule has 2 aromatic carbocycles. The second kappa shape index (κ2) is 9.25. The number of halogens is 2. The third kappa shape index (κ3) is 5.72. The Kier molecular flexibility index (Phi) is 6.76. The van der Waals surface area contributed by atoms with E-state index in [-0.39, 0.29) is 18.3 Å². The molecule has 0 fully saturated rings. The highest BCUT2D eigenvalue weighted by molar-refractivity contribution is 9.10. The number of nitrogens with zero attached hydrogens (tertiary/aromatic N) is 2. The van der Waals surface area contributed by atoms with Crippen LogP contribution in [0.4, 0.5) is 5.69 Å². The standard InChI is InChI=1S/C18H15BrClN3O3S/c1-11-4-2-3-5-15(11)25-9-17-22-23-18(26-17)27-10-16(24)21-12-6-7-14(20)13(19)8-12/h2-8H,9-10H2,1H3,(H,21,24). The van der Waals surface area contributed by atoms with Crippen LogP contribution >= 0.6 is 39.3 Å². The molecule has 0 radical (unpaired) electrons. The van der Waals surface area contributed by atoms with Crippen molar-refractivity contribution in [3.8, 4) is 5.75 Å². The number of hydrogen-bond acceptors (Lipinski definition) is 6. The van der Waals surface area contributed by atoms with Crippen molar-refractivity contribution in [2.24, 2.45) is 0 Å². The van der Waals surface area contributed by atoms with Gasteiger partial charge < -0.3 is 14.5 Å². The minimum absolute atomic E-state index is 0.139. The van der Waals surface area contributed by atoms with Crippen molar-refractivity contribution in [3.63, 3.8) is 0 Å². The first-order valence-electron chi connectivity index (χ1n) is 7.90. The number of aryl methyl sites for hydroxylation is 1. The average molecular weight is 469 g/mol. The number of amides is 1. The number of hydrogen-bond donors (Lipinski definition) is 1. The molecule has 6 nitrogen and oxygen atoms in total. The number of carbonyl (C=O) groups excluding carboxylic acids is 1. The highest BCUT2D eigenvalue weighted by Gasteiger charge is 2.11. The molecule has 0 saturated heterocycles. The molecule has 0 aliphatic carbocycles. The lowest BCUT2D eigenvalue weighted by Crippen LogP contribution is -2.13. The summed E-state index contributed by atoms with van der Waals surface area (Å²) in [5.41, 5.74) is 1.67. The minimum atomic E-state index is -0.190. The van der Waals surface area contributed by atoms with Crippen molar-refractivity contribution >= 4 is 50.9 Å². The van der Waals surface area contributed by atoms with E-state index in [1.165, 1.54) is 0 Å². The number of ether oxygens (including phenoxy) is 1. The predicted octanol–water partition coefficient (Wildman–Crippen LogP) is 5.10. The largest absolute Gasteiger partial charge is 0.484 e. The Hall–Kier alpha value is -2.03. The highest BCUT2D eigenvalue weighted by Crippen LogP contribution is 2.26. The number of aromatic nitrogens is 2. The summed E-state index contributed by atoms with van der Waals surface area (Å²) < 4.78 is 11.9. The third-order valence-electron chi connectivity index (χ3n) is 3.42. The smallest absolute Gasteiger partial charge is 0.277 e. The second-order valence-corrected chi connectivity index (χ2v) is 7.67. The van der Waals surface area contributed by atoms with Crippen molar-refractivity contribution in [2.45, 2.75) is 18.8 Å². The first kappa shape index (κ1) is 19.7. The summed E-state index contributed by atoms with van der Waals surface area (Å²) in [5.74, 6) is 1.06. The van der Waals surface area contributed by atoms with E-state index in [4.69, 9.17) is 20.8 Å². The van der Waals surface area contributed by atoms with Gasteiger partial charge in [-0.15, -0.1) is 10.2 Å². The monoisotopic (exact) mass is 467 g/mol. The molecule has 0 saturated carbocycles. The summed E-state index contributed by atoms with van der Waals surface area (Å²) in [6.07, 6.45) is 0. The molecule has 27 heavy (non-hydrogen) atoms. The van der Waals surface area contributed by atoms with E-state index in [0.717, 1.165) is 23.1 Å². The first-order valence-corrected chi connectivity index (χ1v) is 10.1. The van der Waals surface area contributed by atoms with Gasteiger partial charge in [0.15, 0.2) is 6.61 Å². The predicted molar refractivity (Wildman–Crippen MR) is 108 cm³/mol. The molecule has 1 amide bonds. The molecule has 0 bridgehead atoms. The fraction of sp³-hybridized carbons (Fsp3) is 0.167. The van der Waals surface area contributed by atoms with Crippen molar-refractivity contribution in [1.82, 2.24) is 10.2 Å². The molecule has 140 valence electrons. The lowest BCUT2D eigenvalue weighted by atomic mass is 10.2. The van der Waals surface area contributed by atoms with Crippen molar-refractivity contribution in [1.29, 1.82) is 0 Å². The Bertz CT molecular complexity index is 951. The number of carbonyl (C=O) groups is 1. The number of nitrogens with one attached hydrogen (secondary N) is 1. The summed E-state index contributed by atoms with van der Waals surface area (Å²) >= 11 is 10.4. The van der Waals surface area contributed by atoms with Gasteiger partial charge in [-0.25, -0.2) is 0 Å². The molecule has 0 atom stereocenters. The Morgan fingerprint density at radius 1 is 1.30 bits per heavy atom. The molecule has 1 aromatic heterocycles. The van der Waals surface area contributed by atoms with Crippen LogP contribution < -0.4 is 10.1 Å². The number of para-hydroxylation sites is 1. The summed E-state index contributed by atoms with van der Waals surface area (Å²) in [4.78, 5) is 12.0. The molecular weight excluding hydrogens is 454 g/mol. The zero-order valence-corrected chi connectivity index (χ0v) is 17.4. The molecule has 0 aliphatic rings. The van der Waals surface area contributed by atoms with Gasteiger partial charge in [0.25, 0.3) is 11.1 Å². The topological polar surface area (TPSA) is 77.2 Å². The minimum Gasteiger partial charge on any atom is -0.484 e. The van der Waals surface area contributed by atoms with Crippen LogP contribution in [0.5, 0.6) is 5.75 Å². The lowest BCUT2D eigenvalue weighted by Gasteiger charge is -2.06. The summed E-state index contributed by atoms with van der Waals surface area (Å²) in [6, 6.07) is 12.8. The van der Waals surface area contributed by atoms with E-state index in [2.05, 4.69) is 31.4 Å². The third-order valence-corrected chi connectivity index (χ3v) is 5.46. The zero-order chi connectivity index (χ0) is 19.2. The van der Waals surface area contributed by atoms with Gasteiger partial charge in [-0.1, -0.05) is 41.6 Å². The van der Waals surface area contributed by atoms with E-state index >= 15 is 0 Å². The fourth-order valence-corrected chi connectivity index (χ4v) is 3.19. The Balaban J connectivity index is 1.48. The van der Waals surface area contributed by atoms with Gasteiger partial charge in [0.05, 0.1) is 10.8 Å². The molecule has 1 N–H and O–H groups in total. The summed E-state index contributed by atoms with van der Waals surface area (Å²) in [6.45, 7) is 2.13. The molecule has 9 heteroatoms. The van der Waals surface area contributed by atoms with Crippen molar-refractivity contribution in [2.75, 3.05) is 11.1 Å². The van der Waals surface area contributed by atoms with E-state index in [1.54, 1.807) is 18.2 Å². The fourth-order valence-electron chi connectivity index (χ4n) is 2.11. The number of anilines is 1. The SMILES string of the molecule is Cc1ccccc1OCc1nnc(SCC(=O)Nc2ccc(Cl)c(Br)c2)o1. The van der Waals surface area contributed by atoms with Gasteiger partial charge in [0, 0.05) is 10.2 Å². The molecule has 3 aromatic rings. The second-order valence-electron chi connectivity index (χ2n) is 5.48. The molecule has 0 aliphatic heterocycles. The van der Waals surface area contributed by atoms with Crippen LogP contribution in [0.2, 0.25) is 5.02 Å². The molecule has 0 spiro atoms. The quantitative estimate of drug-likeness (QED) is 0.486. The summed E-state index contributed by atoms with van der Waals surface area (Å²) in [5, 5.41) is 11.5. The number of thioether (sulfide) groups is 1. The Morgan fingerprint density at radius 3 is 2.89 bits per heavy atom. The Labute approximate surface area is 173 Å². The zero-order valence-electron chi connectivity index (χ0n) is 14.2. The van der Waals surface area contributed by atoms with E-state index in [9.17, 15) is 4.79 Å². The molecular formula is C18H15BrClN3O3S. The van der Waals surface area contributed by atoms with Crippen LogP contribution in [0, 0.1) is 6.92 Å². The van der Waals surface area contributed by atoms with Crippen LogP contribution in [0.25, 0.3) is 0 Å². The molecule has 1 heterocycles. The summed E-state index contributed by atoms with van der Waals surface area (Å²) in [7, 11) is 0. The number of rotatable bonds is 7.